The van der Waals surface area contributed by atoms with Crippen molar-refractivity contribution in [1.82, 2.24) is 15.1 Å². The Morgan fingerprint density at radius 1 is 1.62 bits per heavy atom. The van der Waals surface area contributed by atoms with Crippen LogP contribution < -0.4 is 5.32 Å². The highest BCUT2D eigenvalue weighted by atomic mass is 35.5. The van der Waals surface area contributed by atoms with E-state index in [4.69, 9.17) is 11.6 Å². The lowest BCUT2D eigenvalue weighted by molar-refractivity contribution is 0.283. The highest BCUT2D eigenvalue weighted by Gasteiger charge is 2.17. The lowest BCUT2D eigenvalue weighted by Crippen LogP contribution is -2.31. The first kappa shape index (κ1) is 10.5. The molecule has 1 rings (SSSR count). The van der Waals surface area contributed by atoms with Crippen LogP contribution in [-0.4, -0.2) is 23.4 Å². The van der Waals surface area contributed by atoms with Crippen LogP contribution in [-0.2, 0) is 6.54 Å². The van der Waals surface area contributed by atoms with Gasteiger partial charge in [-0.05, 0) is 12.5 Å². The van der Waals surface area contributed by atoms with Gasteiger partial charge >= 0.3 is 0 Å². The van der Waals surface area contributed by atoms with Crippen LogP contribution in [0.1, 0.15) is 13.8 Å². The van der Waals surface area contributed by atoms with E-state index in [-0.39, 0.29) is 5.41 Å². The molecule has 1 aromatic rings. The molecule has 0 unspecified atom stereocenters. The number of nitrogens with one attached hydrogen (secondary N) is 1. The number of rotatable bonds is 4. The molecule has 0 amide bonds. The first-order valence-corrected chi connectivity index (χ1v) is 4.74. The number of nitrogens with zero attached hydrogens (tertiary/aromatic N) is 2. The first-order chi connectivity index (χ1) is 6.03. The Labute approximate surface area is 84.1 Å². The van der Waals surface area contributed by atoms with Crippen LogP contribution in [0.2, 0.25) is 5.02 Å². The van der Waals surface area contributed by atoms with E-state index in [0.717, 1.165) is 13.1 Å². The molecule has 0 spiro atoms. The topological polar surface area (TPSA) is 29.9 Å². The zero-order chi connectivity index (χ0) is 9.90. The molecule has 0 aliphatic heterocycles. The van der Waals surface area contributed by atoms with Gasteiger partial charge in [0.15, 0.2) is 0 Å². The molecule has 13 heavy (non-hydrogen) atoms. The van der Waals surface area contributed by atoms with E-state index in [1.807, 2.05) is 17.9 Å². The van der Waals surface area contributed by atoms with E-state index in [1.54, 1.807) is 6.20 Å². The van der Waals surface area contributed by atoms with Crippen LogP contribution in [0.4, 0.5) is 0 Å². The number of halogens is 1. The zero-order valence-electron chi connectivity index (χ0n) is 8.34. The zero-order valence-corrected chi connectivity index (χ0v) is 9.10. The molecule has 3 nitrogen and oxygen atoms in total. The summed E-state index contributed by atoms with van der Waals surface area (Å²) < 4.78 is 1.87. The molecule has 0 radical (unpaired) electrons. The molecular weight excluding hydrogens is 186 g/mol. The molecule has 0 saturated heterocycles. The molecule has 1 aromatic heterocycles. The number of hydrogen-bond acceptors (Lipinski definition) is 2. The summed E-state index contributed by atoms with van der Waals surface area (Å²) in [6, 6.07) is 0. The largest absolute Gasteiger partial charge is 0.319 e. The van der Waals surface area contributed by atoms with Gasteiger partial charge < -0.3 is 5.32 Å². The summed E-state index contributed by atoms with van der Waals surface area (Å²) in [4.78, 5) is 0. The Morgan fingerprint density at radius 2 is 2.31 bits per heavy atom. The molecule has 0 atom stereocenters. The molecule has 4 heteroatoms. The second kappa shape index (κ2) is 4.11. The maximum Gasteiger partial charge on any atom is 0.0785 e. The van der Waals surface area contributed by atoms with Crippen LogP contribution in [0.15, 0.2) is 12.4 Å². The van der Waals surface area contributed by atoms with Crippen molar-refractivity contribution in [2.24, 2.45) is 5.41 Å². The molecule has 0 aliphatic rings. The van der Waals surface area contributed by atoms with E-state index < -0.39 is 0 Å². The van der Waals surface area contributed by atoms with Crippen molar-refractivity contribution in [3.8, 4) is 0 Å². The molecule has 0 bridgehead atoms. The molecule has 1 heterocycles. The molecule has 0 aliphatic carbocycles. The summed E-state index contributed by atoms with van der Waals surface area (Å²) in [5.74, 6) is 0. The summed E-state index contributed by atoms with van der Waals surface area (Å²) in [5, 5.41) is 8.00. The van der Waals surface area contributed by atoms with Crippen molar-refractivity contribution in [1.29, 1.82) is 0 Å². The van der Waals surface area contributed by atoms with Crippen molar-refractivity contribution >= 4 is 11.6 Å². The molecule has 74 valence electrons. The Morgan fingerprint density at radius 3 is 2.77 bits per heavy atom. The molecular formula is C9H16ClN3. The predicted octanol–water partition coefficient (Wildman–Crippen LogP) is 1.78. The Kier molecular flexibility index (Phi) is 3.33. The van der Waals surface area contributed by atoms with E-state index >= 15 is 0 Å². The van der Waals surface area contributed by atoms with Crippen LogP contribution in [0.5, 0.6) is 0 Å². The van der Waals surface area contributed by atoms with Gasteiger partial charge in [-0.25, -0.2) is 0 Å². The normalized spacial score (nSPS) is 12.0. The Balaban J connectivity index is 2.57. The van der Waals surface area contributed by atoms with Gasteiger partial charge in [-0.3, -0.25) is 4.68 Å². The predicted molar refractivity (Wildman–Crippen MR) is 54.9 cm³/mol. The molecule has 1 N–H and O–H groups in total. The molecule has 0 saturated carbocycles. The number of aromatic nitrogens is 2. The van der Waals surface area contributed by atoms with Crippen molar-refractivity contribution in [3.63, 3.8) is 0 Å². The van der Waals surface area contributed by atoms with Crippen molar-refractivity contribution < 1.29 is 0 Å². The van der Waals surface area contributed by atoms with Gasteiger partial charge in [0.2, 0.25) is 0 Å². The van der Waals surface area contributed by atoms with Crippen LogP contribution >= 0.6 is 11.6 Å². The Bertz CT molecular complexity index is 268. The maximum absolute atomic E-state index is 5.77. The lowest BCUT2D eigenvalue weighted by Gasteiger charge is -2.23. The second-order valence-electron chi connectivity index (χ2n) is 4.05. The van der Waals surface area contributed by atoms with Crippen molar-refractivity contribution in [3.05, 3.63) is 17.4 Å². The summed E-state index contributed by atoms with van der Waals surface area (Å²) in [5.41, 5.74) is 0.199. The fourth-order valence-corrected chi connectivity index (χ4v) is 1.55. The van der Waals surface area contributed by atoms with Crippen LogP contribution in [0.3, 0.4) is 0 Å². The summed E-state index contributed by atoms with van der Waals surface area (Å²) in [6.07, 6.45) is 3.51. The lowest BCUT2D eigenvalue weighted by atomic mass is 9.94. The fraction of sp³-hybridized carbons (Fsp3) is 0.667. The van der Waals surface area contributed by atoms with Gasteiger partial charge in [-0.1, -0.05) is 25.4 Å². The second-order valence-corrected chi connectivity index (χ2v) is 4.49. The Hall–Kier alpha value is -0.540. The van der Waals surface area contributed by atoms with Crippen molar-refractivity contribution in [2.75, 3.05) is 13.6 Å². The minimum absolute atomic E-state index is 0.199. The quantitative estimate of drug-likeness (QED) is 0.805. The fourth-order valence-electron chi connectivity index (χ4n) is 1.40. The summed E-state index contributed by atoms with van der Waals surface area (Å²) in [7, 11) is 1.96. The number of hydrogen-bond donors (Lipinski definition) is 1. The van der Waals surface area contributed by atoms with Gasteiger partial charge in [0.25, 0.3) is 0 Å². The monoisotopic (exact) mass is 201 g/mol. The minimum Gasteiger partial charge on any atom is -0.319 e. The highest BCUT2D eigenvalue weighted by molar-refractivity contribution is 6.30. The maximum atomic E-state index is 5.77. The summed E-state index contributed by atoms with van der Waals surface area (Å²) in [6.45, 7) is 6.23. The van der Waals surface area contributed by atoms with E-state index in [1.165, 1.54) is 0 Å². The van der Waals surface area contributed by atoms with Gasteiger partial charge in [-0.15, -0.1) is 0 Å². The average Bonchev–Trinajstić information content (AvgIpc) is 2.34. The standard InChI is InChI=1S/C9H16ClN3/c1-9(2,6-11-3)7-13-5-8(10)4-12-13/h4-5,11H,6-7H2,1-3H3. The van der Waals surface area contributed by atoms with E-state index in [9.17, 15) is 0 Å². The summed E-state index contributed by atoms with van der Waals surface area (Å²) >= 11 is 5.77. The van der Waals surface area contributed by atoms with Gasteiger partial charge in [-0.2, -0.15) is 5.10 Å². The highest BCUT2D eigenvalue weighted by Crippen LogP contribution is 2.17. The average molecular weight is 202 g/mol. The third-order valence-corrected chi connectivity index (χ3v) is 2.04. The SMILES string of the molecule is CNCC(C)(C)Cn1cc(Cl)cn1. The van der Waals surface area contributed by atoms with E-state index in [0.29, 0.717) is 5.02 Å². The third-order valence-electron chi connectivity index (χ3n) is 1.85. The smallest absolute Gasteiger partial charge is 0.0785 e. The van der Waals surface area contributed by atoms with Crippen LogP contribution in [0.25, 0.3) is 0 Å². The minimum atomic E-state index is 0.199. The van der Waals surface area contributed by atoms with Gasteiger partial charge in [0, 0.05) is 19.3 Å². The van der Waals surface area contributed by atoms with Gasteiger partial charge in [0.1, 0.15) is 0 Å². The van der Waals surface area contributed by atoms with Crippen LogP contribution in [0, 0.1) is 5.41 Å². The third kappa shape index (κ3) is 3.36. The molecule has 0 fully saturated rings. The molecule has 0 aromatic carbocycles. The van der Waals surface area contributed by atoms with Gasteiger partial charge in [0.05, 0.1) is 11.2 Å². The van der Waals surface area contributed by atoms with E-state index in [2.05, 4.69) is 24.3 Å². The first-order valence-electron chi connectivity index (χ1n) is 4.36. The van der Waals surface area contributed by atoms with Crippen molar-refractivity contribution in [2.45, 2.75) is 20.4 Å².